The number of aliphatic imine (C=N–C) groups is 1. The van der Waals surface area contributed by atoms with Crippen molar-refractivity contribution in [3.63, 3.8) is 0 Å². The first-order valence-corrected chi connectivity index (χ1v) is 8.82. The van der Waals surface area contributed by atoms with Gasteiger partial charge in [0.2, 0.25) is 5.95 Å². The second kappa shape index (κ2) is 7.33. The largest absolute Gasteiger partial charge is 0.573 e. The van der Waals surface area contributed by atoms with Crippen molar-refractivity contribution in [3.05, 3.63) is 83.9 Å². The summed E-state index contributed by atoms with van der Waals surface area (Å²) in [5.41, 5.74) is 7.45. The maximum absolute atomic E-state index is 13.1. The van der Waals surface area contributed by atoms with E-state index < -0.39 is 17.8 Å². The number of nitrogens with zero attached hydrogens (tertiary/aromatic N) is 2. The van der Waals surface area contributed by atoms with Gasteiger partial charge in [0.25, 0.3) is 6.02 Å². The van der Waals surface area contributed by atoms with Crippen molar-refractivity contribution in [1.82, 2.24) is 4.98 Å². The summed E-state index contributed by atoms with van der Waals surface area (Å²) in [5, 5.41) is 0. The molecule has 1 atom stereocenters. The first-order valence-electron chi connectivity index (χ1n) is 8.82. The van der Waals surface area contributed by atoms with Gasteiger partial charge in [-0.3, -0.25) is 0 Å². The molecule has 0 saturated heterocycles. The highest BCUT2D eigenvalue weighted by Crippen LogP contribution is 2.39. The number of hydrogen-bond donors (Lipinski definition) is 1. The molecule has 4 rings (SSSR count). The van der Waals surface area contributed by atoms with Crippen molar-refractivity contribution in [2.75, 3.05) is 6.61 Å². The van der Waals surface area contributed by atoms with Crippen LogP contribution in [-0.2, 0) is 10.3 Å². The monoisotopic (exact) mass is 417 g/mol. The summed E-state index contributed by atoms with van der Waals surface area (Å²) in [5.74, 6) is -0.933. The fourth-order valence-corrected chi connectivity index (χ4v) is 3.33. The second-order valence-electron chi connectivity index (χ2n) is 6.62. The number of rotatable bonds is 4. The fraction of sp³-hybridized carbons (Fsp3) is 0.143. The average molecular weight is 417 g/mol. The maximum Gasteiger partial charge on any atom is 0.573 e. The summed E-state index contributed by atoms with van der Waals surface area (Å²) in [6, 6.07) is 15.5. The van der Waals surface area contributed by atoms with Crippen LogP contribution in [-0.4, -0.2) is 24.0 Å². The van der Waals surface area contributed by atoms with Crippen LogP contribution in [0.15, 0.2) is 71.9 Å². The van der Waals surface area contributed by atoms with Crippen molar-refractivity contribution in [1.29, 1.82) is 0 Å². The molecule has 0 fully saturated rings. The predicted octanol–water partition coefficient (Wildman–Crippen LogP) is 4.37. The highest BCUT2D eigenvalue weighted by molar-refractivity contribution is 5.75. The smallest absolute Gasteiger partial charge is 0.462 e. The lowest BCUT2D eigenvalue weighted by atomic mass is 9.83. The zero-order valence-corrected chi connectivity index (χ0v) is 15.4. The Morgan fingerprint density at radius 3 is 2.33 bits per heavy atom. The third-order valence-electron chi connectivity index (χ3n) is 4.70. The number of halogens is 4. The molecule has 5 nitrogen and oxygen atoms in total. The lowest BCUT2D eigenvalue weighted by molar-refractivity contribution is -0.274. The Kier molecular flexibility index (Phi) is 4.81. The van der Waals surface area contributed by atoms with Gasteiger partial charge in [0.1, 0.15) is 12.4 Å². The Labute approximate surface area is 168 Å². The van der Waals surface area contributed by atoms with Crippen LogP contribution in [0.3, 0.4) is 0 Å². The number of alkyl halides is 3. The van der Waals surface area contributed by atoms with E-state index in [1.54, 1.807) is 12.1 Å². The Morgan fingerprint density at radius 2 is 1.73 bits per heavy atom. The number of benzene rings is 2. The van der Waals surface area contributed by atoms with Crippen molar-refractivity contribution >= 4 is 6.02 Å². The first kappa shape index (κ1) is 19.7. The molecule has 9 heteroatoms. The van der Waals surface area contributed by atoms with Gasteiger partial charge in [0.05, 0.1) is 0 Å². The van der Waals surface area contributed by atoms with Crippen LogP contribution in [0.4, 0.5) is 17.6 Å². The number of hydrogen-bond acceptors (Lipinski definition) is 5. The molecule has 2 N–H and O–H groups in total. The van der Waals surface area contributed by atoms with Gasteiger partial charge in [-0.05, 0) is 47.0 Å². The molecule has 1 unspecified atom stereocenters. The van der Waals surface area contributed by atoms with Crippen LogP contribution in [0, 0.1) is 5.95 Å². The zero-order chi connectivity index (χ0) is 21.4. The van der Waals surface area contributed by atoms with E-state index in [0.717, 1.165) is 5.56 Å². The number of aromatic nitrogens is 1. The van der Waals surface area contributed by atoms with Crippen LogP contribution >= 0.6 is 0 Å². The van der Waals surface area contributed by atoms with E-state index in [1.807, 2.05) is 18.2 Å². The predicted molar refractivity (Wildman–Crippen MR) is 101 cm³/mol. The molecule has 2 heterocycles. The van der Waals surface area contributed by atoms with E-state index in [2.05, 4.69) is 14.7 Å². The van der Waals surface area contributed by atoms with Crippen LogP contribution < -0.4 is 10.5 Å². The zero-order valence-electron chi connectivity index (χ0n) is 15.4. The summed E-state index contributed by atoms with van der Waals surface area (Å²) in [6.07, 6.45) is -3.37. The molecule has 0 saturated carbocycles. The summed E-state index contributed by atoms with van der Waals surface area (Å²) < 4.78 is 59.9. The third kappa shape index (κ3) is 3.91. The van der Waals surface area contributed by atoms with E-state index in [-0.39, 0.29) is 18.4 Å². The lowest BCUT2D eigenvalue weighted by Crippen LogP contribution is -2.27. The number of pyridine rings is 1. The van der Waals surface area contributed by atoms with Gasteiger partial charge >= 0.3 is 6.36 Å². The average Bonchev–Trinajstić information content (AvgIpc) is 3.11. The normalized spacial score (nSPS) is 18.6. The summed E-state index contributed by atoms with van der Waals surface area (Å²) in [7, 11) is 0. The molecule has 1 aliphatic rings. The van der Waals surface area contributed by atoms with E-state index in [9.17, 15) is 17.6 Å². The Bertz CT molecular complexity index is 1080. The van der Waals surface area contributed by atoms with Crippen molar-refractivity contribution < 1.29 is 27.0 Å². The Morgan fingerprint density at radius 1 is 0.967 bits per heavy atom. The van der Waals surface area contributed by atoms with Gasteiger partial charge in [-0.1, -0.05) is 30.3 Å². The van der Waals surface area contributed by atoms with Gasteiger partial charge in [0.15, 0.2) is 5.54 Å². The van der Waals surface area contributed by atoms with Gasteiger partial charge in [-0.25, -0.2) is 9.98 Å². The standard InChI is InChI=1S/C21H15F4N3O2/c22-18-9-4-14(11-27-18)13-2-1-3-16(10-13)20(12-29-19(26)28-20)15-5-7-17(8-6-15)30-21(23,24)25/h1-11H,12H2,(H2,26,28). The van der Waals surface area contributed by atoms with Gasteiger partial charge in [0, 0.05) is 11.8 Å². The molecular weight excluding hydrogens is 402 g/mol. The minimum absolute atomic E-state index is 0.0283. The number of amidine groups is 1. The molecule has 0 spiro atoms. The SMILES string of the molecule is NC1=NC(c2ccc(OC(F)(F)F)cc2)(c2cccc(-c3ccc(F)nc3)c2)CO1. The Hall–Kier alpha value is -3.62. The third-order valence-corrected chi connectivity index (χ3v) is 4.70. The van der Waals surface area contributed by atoms with Crippen LogP contribution in [0.1, 0.15) is 11.1 Å². The maximum atomic E-state index is 13.1. The molecule has 1 aromatic heterocycles. The van der Waals surface area contributed by atoms with E-state index in [1.165, 1.54) is 36.5 Å². The molecule has 3 aromatic rings. The van der Waals surface area contributed by atoms with Gasteiger partial charge in [-0.15, -0.1) is 13.2 Å². The van der Waals surface area contributed by atoms with Crippen molar-refractivity contribution in [3.8, 4) is 16.9 Å². The highest BCUT2D eigenvalue weighted by atomic mass is 19.4. The quantitative estimate of drug-likeness (QED) is 0.506. The molecule has 0 bridgehead atoms. The van der Waals surface area contributed by atoms with E-state index in [0.29, 0.717) is 16.7 Å². The molecule has 30 heavy (non-hydrogen) atoms. The fourth-order valence-electron chi connectivity index (χ4n) is 3.33. The van der Waals surface area contributed by atoms with Crippen LogP contribution in [0.5, 0.6) is 5.75 Å². The first-order chi connectivity index (χ1) is 14.2. The molecule has 154 valence electrons. The van der Waals surface area contributed by atoms with Crippen molar-refractivity contribution in [2.24, 2.45) is 10.7 Å². The summed E-state index contributed by atoms with van der Waals surface area (Å²) in [6.45, 7) is 0.0728. The van der Waals surface area contributed by atoms with Crippen molar-refractivity contribution in [2.45, 2.75) is 11.9 Å². The van der Waals surface area contributed by atoms with E-state index >= 15 is 0 Å². The van der Waals surface area contributed by atoms with Crippen LogP contribution in [0.25, 0.3) is 11.1 Å². The highest BCUT2D eigenvalue weighted by Gasteiger charge is 2.40. The topological polar surface area (TPSA) is 69.7 Å². The molecule has 0 amide bonds. The number of ether oxygens (including phenoxy) is 2. The minimum Gasteiger partial charge on any atom is -0.462 e. The van der Waals surface area contributed by atoms with Crippen LogP contribution in [0.2, 0.25) is 0 Å². The lowest BCUT2D eigenvalue weighted by Gasteiger charge is -2.26. The van der Waals surface area contributed by atoms with E-state index in [4.69, 9.17) is 10.5 Å². The summed E-state index contributed by atoms with van der Waals surface area (Å²) in [4.78, 5) is 8.11. The molecule has 0 radical (unpaired) electrons. The number of nitrogens with two attached hydrogens (primary N) is 1. The summed E-state index contributed by atoms with van der Waals surface area (Å²) >= 11 is 0. The molecular formula is C21H15F4N3O2. The molecule has 1 aliphatic heterocycles. The second-order valence-corrected chi connectivity index (χ2v) is 6.62. The van der Waals surface area contributed by atoms with Gasteiger partial charge in [-0.2, -0.15) is 4.39 Å². The Balaban J connectivity index is 1.75. The minimum atomic E-state index is -4.78. The molecule has 0 aliphatic carbocycles. The van der Waals surface area contributed by atoms with Gasteiger partial charge < -0.3 is 15.2 Å². The molecule has 2 aromatic carbocycles.